The predicted octanol–water partition coefficient (Wildman–Crippen LogP) is 0.453. The molecule has 0 radical (unpaired) electrons. The Hall–Kier alpha value is -1.16. The summed E-state index contributed by atoms with van der Waals surface area (Å²) in [7, 11) is 0. The lowest BCUT2D eigenvalue weighted by Gasteiger charge is -2.06. The van der Waals surface area contributed by atoms with Gasteiger partial charge in [-0.25, -0.2) is 4.99 Å². The van der Waals surface area contributed by atoms with Crippen LogP contribution >= 0.6 is 0 Å². The first kappa shape index (κ1) is 8.84. The molecule has 0 amide bonds. The molecule has 4 heteroatoms. The minimum absolute atomic E-state index is 0.0581. The van der Waals surface area contributed by atoms with Crippen molar-refractivity contribution in [2.45, 2.75) is 12.5 Å². The zero-order valence-electron chi connectivity index (χ0n) is 5.67. The SMILES string of the molecule is C=NC(=N)CC(N)C(=C)O. The van der Waals surface area contributed by atoms with Crippen LogP contribution in [-0.2, 0) is 0 Å². The molecule has 0 fully saturated rings. The van der Waals surface area contributed by atoms with E-state index in [2.05, 4.69) is 18.3 Å². The van der Waals surface area contributed by atoms with E-state index in [1.54, 1.807) is 0 Å². The summed E-state index contributed by atoms with van der Waals surface area (Å²) in [5, 5.41) is 15.7. The van der Waals surface area contributed by atoms with Gasteiger partial charge in [0.15, 0.2) is 0 Å². The van der Waals surface area contributed by atoms with Gasteiger partial charge in [0.05, 0.1) is 6.04 Å². The number of aliphatic hydroxyl groups excluding tert-OH is 1. The zero-order valence-corrected chi connectivity index (χ0v) is 5.67. The van der Waals surface area contributed by atoms with E-state index in [1.807, 2.05) is 0 Å². The Balaban J connectivity index is 3.79. The van der Waals surface area contributed by atoms with Gasteiger partial charge in [-0.1, -0.05) is 6.58 Å². The lowest BCUT2D eigenvalue weighted by atomic mass is 10.2. The molecule has 0 saturated carbocycles. The van der Waals surface area contributed by atoms with Crippen molar-refractivity contribution in [3.8, 4) is 0 Å². The molecule has 0 aromatic rings. The number of aliphatic imine (C=N–C) groups is 1. The van der Waals surface area contributed by atoms with E-state index in [1.165, 1.54) is 0 Å². The van der Waals surface area contributed by atoms with E-state index >= 15 is 0 Å². The number of nitrogens with zero attached hydrogens (tertiary/aromatic N) is 1. The van der Waals surface area contributed by atoms with Crippen LogP contribution in [0.5, 0.6) is 0 Å². The molecule has 56 valence electrons. The molecular weight excluding hydrogens is 130 g/mol. The van der Waals surface area contributed by atoms with Gasteiger partial charge in [0.25, 0.3) is 0 Å². The minimum atomic E-state index is -0.599. The second-order valence-electron chi connectivity index (χ2n) is 1.91. The maximum Gasteiger partial charge on any atom is 0.121 e. The first-order chi connectivity index (χ1) is 4.57. The van der Waals surface area contributed by atoms with Crippen LogP contribution in [0.15, 0.2) is 17.3 Å². The maximum absolute atomic E-state index is 8.69. The van der Waals surface area contributed by atoms with E-state index in [4.69, 9.17) is 16.2 Å². The molecule has 0 aliphatic heterocycles. The molecule has 4 N–H and O–H groups in total. The highest BCUT2D eigenvalue weighted by molar-refractivity contribution is 5.83. The number of amidine groups is 1. The molecule has 0 bridgehead atoms. The van der Waals surface area contributed by atoms with Crippen molar-refractivity contribution in [1.82, 2.24) is 0 Å². The standard InChI is InChI=1S/C6H11N3O/c1-4(10)5(7)3-6(8)9-2/h5,8,10H,1-3,7H2. The van der Waals surface area contributed by atoms with Crippen LogP contribution in [0.25, 0.3) is 0 Å². The van der Waals surface area contributed by atoms with Gasteiger partial charge in [0.2, 0.25) is 0 Å². The van der Waals surface area contributed by atoms with Gasteiger partial charge in [0, 0.05) is 6.42 Å². The number of rotatable bonds is 3. The van der Waals surface area contributed by atoms with Gasteiger partial charge in [0.1, 0.15) is 11.6 Å². The van der Waals surface area contributed by atoms with E-state index in [-0.39, 0.29) is 18.0 Å². The highest BCUT2D eigenvalue weighted by atomic mass is 16.3. The summed E-state index contributed by atoms with van der Waals surface area (Å²) in [5.74, 6) is -0.0731. The van der Waals surface area contributed by atoms with Crippen molar-refractivity contribution in [3.05, 3.63) is 12.3 Å². The summed E-state index contributed by atoms with van der Waals surface area (Å²) >= 11 is 0. The molecule has 0 spiro atoms. The molecular formula is C6H11N3O. The summed E-state index contributed by atoms with van der Waals surface area (Å²) in [6.07, 6.45) is 0.179. The van der Waals surface area contributed by atoms with E-state index in [0.717, 1.165) is 0 Å². The molecule has 10 heavy (non-hydrogen) atoms. The smallest absolute Gasteiger partial charge is 0.121 e. The average Bonchev–Trinajstić information content (AvgIpc) is 1.87. The van der Waals surface area contributed by atoms with E-state index < -0.39 is 6.04 Å². The largest absolute Gasteiger partial charge is 0.511 e. The molecule has 1 unspecified atom stereocenters. The zero-order chi connectivity index (χ0) is 8.15. The van der Waals surface area contributed by atoms with Crippen LogP contribution in [0.3, 0.4) is 0 Å². The molecule has 0 saturated heterocycles. The third-order valence-electron chi connectivity index (χ3n) is 1.03. The minimum Gasteiger partial charge on any atom is -0.511 e. The molecule has 0 rings (SSSR count). The molecule has 0 aromatic carbocycles. The third kappa shape index (κ3) is 2.99. The lowest BCUT2D eigenvalue weighted by molar-refractivity contribution is 0.372. The first-order valence-corrected chi connectivity index (χ1v) is 2.75. The van der Waals surface area contributed by atoms with Crippen molar-refractivity contribution >= 4 is 12.6 Å². The van der Waals surface area contributed by atoms with E-state index in [9.17, 15) is 0 Å². The van der Waals surface area contributed by atoms with Crippen molar-refractivity contribution in [3.63, 3.8) is 0 Å². The van der Waals surface area contributed by atoms with Gasteiger partial charge < -0.3 is 10.8 Å². The quantitative estimate of drug-likeness (QED) is 0.303. The summed E-state index contributed by atoms with van der Waals surface area (Å²) in [6.45, 7) is 6.35. The normalized spacial score (nSPS) is 12.1. The van der Waals surface area contributed by atoms with E-state index in [0.29, 0.717) is 0 Å². The first-order valence-electron chi connectivity index (χ1n) is 2.75. The molecule has 4 nitrogen and oxygen atoms in total. The van der Waals surface area contributed by atoms with Crippen LogP contribution in [0.2, 0.25) is 0 Å². The number of nitrogens with two attached hydrogens (primary N) is 1. The second-order valence-corrected chi connectivity index (χ2v) is 1.91. The number of hydrogen-bond donors (Lipinski definition) is 3. The highest BCUT2D eigenvalue weighted by Gasteiger charge is 2.06. The third-order valence-corrected chi connectivity index (χ3v) is 1.03. The summed E-state index contributed by atoms with van der Waals surface area (Å²) < 4.78 is 0. The Labute approximate surface area is 59.6 Å². The number of hydrogen-bond acceptors (Lipinski definition) is 3. The van der Waals surface area contributed by atoms with Gasteiger partial charge in [-0.05, 0) is 6.72 Å². The van der Waals surface area contributed by atoms with Crippen molar-refractivity contribution in [2.75, 3.05) is 0 Å². The van der Waals surface area contributed by atoms with Crippen LogP contribution in [-0.4, -0.2) is 23.7 Å². The Morgan fingerprint density at radius 1 is 1.80 bits per heavy atom. The summed E-state index contributed by atoms with van der Waals surface area (Å²) in [4.78, 5) is 3.31. The molecule has 0 aromatic heterocycles. The maximum atomic E-state index is 8.69. The topological polar surface area (TPSA) is 82.5 Å². The van der Waals surface area contributed by atoms with Crippen LogP contribution in [0, 0.1) is 5.41 Å². The average molecular weight is 141 g/mol. The Kier molecular flexibility index (Phi) is 3.35. The van der Waals surface area contributed by atoms with Crippen LogP contribution < -0.4 is 5.73 Å². The summed E-state index contributed by atoms with van der Waals surface area (Å²) in [5.41, 5.74) is 5.31. The number of aliphatic hydroxyl groups is 1. The van der Waals surface area contributed by atoms with Crippen molar-refractivity contribution < 1.29 is 5.11 Å². The predicted molar refractivity (Wildman–Crippen MR) is 41.6 cm³/mol. The van der Waals surface area contributed by atoms with Crippen molar-refractivity contribution in [2.24, 2.45) is 10.7 Å². The van der Waals surface area contributed by atoms with Gasteiger partial charge in [-0.3, -0.25) is 5.41 Å². The van der Waals surface area contributed by atoms with Gasteiger partial charge >= 0.3 is 0 Å². The lowest BCUT2D eigenvalue weighted by Crippen LogP contribution is -2.24. The second kappa shape index (κ2) is 3.79. The molecule has 0 heterocycles. The van der Waals surface area contributed by atoms with Crippen LogP contribution in [0.4, 0.5) is 0 Å². The van der Waals surface area contributed by atoms with Crippen molar-refractivity contribution in [1.29, 1.82) is 5.41 Å². The highest BCUT2D eigenvalue weighted by Crippen LogP contribution is 1.97. The Bertz CT molecular complexity index is 164. The van der Waals surface area contributed by atoms with Gasteiger partial charge in [-0.15, -0.1) is 0 Å². The summed E-state index contributed by atoms with van der Waals surface area (Å²) in [6, 6.07) is -0.599. The molecule has 1 atom stereocenters. The monoisotopic (exact) mass is 141 g/mol. The molecule has 0 aliphatic carbocycles. The fourth-order valence-corrected chi connectivity index (χ4v) is 0.391. The van der Waals surface area contributed by atoms with Gasteiger partial charge in [-0.2, -0.15) is 0 Å². The molecule has 0 aliphatic rings. The fraction of sp³-hybridized carbons (Fsp3) is 0.333. The number of nitrogens with one attached hydrogen (secondary N) is 1. The fourth-order valence-electron chi connectivity index (χ4n) is 0.391. The van der Waals surface area contributed by atoms with Crippen LogP contribution in [0.1, 0.15) is 6.42 Å². The Morgan fingerprint density at radius 3 is 2.60 bits per heavy atom. The Morgan fingerprint density at radius 2 is 2.30 bits per heavy atom.